The average Bonchev–Trinajstić information content (AvgIpc) is 3.30. The van der Waals surface area contributed by atoms with Gasteiger partial charge in [0.1, 0.15) is 18.2 Å². The molecule has 1 aromatic heterocycles. The summed E-state index contributed by atoms with van der Waals surface area (Å²) in [5, 5.41) is 41.7. The molecule has 2 fully saturated rings. The number of aromatic nitrogens is 1. The molecule has 0 bridgehead atoms. The van der Waals surface area contributed by atoms with E-state index in [9.17, 15) is 34.4 Å². The first-order valence-corrected chi connectivity index (χ1v) is 10.4. The minimum absolute atomic E-state index is 0.174. The minimum atomic E-state index is -4.99. The van der Waals surface area contributed by atoms with Gasteiger partial charge < -0.3 is 49.6 Å². The Hall–Kier alpha value is -1.96. The van der Waals surface area contributed by atoms with Crippen LogP contribution in [-0.2, 0) is 18.6 Å². The summed E-state index contributed by atoms with van der Waals surface area (Å²) in [4.78, 5) is 40.0. The number of hydrogen-bond donors (Lipinski definition) is 5. The molecule has 5 N–H and O–H groups in total. The first-order valence-electron chi connectivity index (χ1n) is 8.88. The molecule has 0 aliphatic carbocycles. The number of aliphatic hydroxyl groups is 2. The molecular formula is C16H22N2O11P-. The molecule has 3 rings (SSSR count). The van der Waals surface area contributed by atoms with Crippen molar-refractivity contribution < 1.29 is 58.2 Å². The number of pyridine rings is 1. The van der Waals surface area contributed by atoms with E-state index >= 15 is 0 Å². The van der Waals surface area contributed by atoms with Crippen LogP contribution in [0.1, 0.15) is 29.4 Å². The fourth-order valence-electron chi connectivity index (χ4n) is 2.95. The molecule has 2 aliphatic heterocycles. The Morgan fingerprint density at radius 1 is 1.37 bits per heavy atom. The first-order chi connectivity index (χ1) is 14.0. The van der Waals surface area contributed by atoms with Crippen LogP contribution in [-0.4, -0.2) is 69.7 Å². The zero-order valence-corrected chi connectivity index (χ0v) is 16.5. The van der Waals surface area contributed by atoms with Crippen molar-refractivity contribution in [1.29, 1.82) is 0 Å². The van der Waals surface area contributed by atoms with Crippen molar-refractivity contribution in [3.8, 4) is 0 Å². The second-order valence-electron chi connectivity index (χ2n) is 6.63. The Bertz CT molecular complexity index is 795. The molecule has 1 unspecified atom stereocenters. The van der Waals surface area contributed by atoms with Crippen LogP contribution in [0.3, 0.4) is 0 Å². The number of rotatable bonds is 6. The fraction of sp³-hybridized carbons (Fsp3) is 0.562. The summed E-state index contributed by atoms with van der Waals surface area (Å²) in [7, 11) is -4.99. The van der Waals surface area contributed by atoms with Crippen LogP contribution in [0.15, 0.2) is 24.5 Å². The van der Waals surface area contributed by atoms with Crippen molar-refractivity contribution in [2.24, 2.45) is 0 Å². The van der Waals surface area contributed by atoms with Crippen molar-refractivity contribution in [3.05, 3.63) is 30.1 Å². The number of aliphatic hydroxyl groups excluding tert-OH is 2. The highest BCUT2D eigenvalue weighted by atomic mass is 31.2. The van der Waals surface area contributed by atoms with Gasteiger partial charge in [-0.2, -0.15) is 4.57 Å². The van der Waals surface area contributed by atoms with Gasteiger partial charge in [0.25, 0.3) is 14.1 Å². The predicted octanol–water partition coefficient (Wildman–Crippen LogP) is -3.74. The van der Waals surface area contributed by atoms with Gasteiger partial charge >= 0.3 is 5.97 Å². The van der Waals surface area contributed by atoms with Crippen molar-refractivity contribution in [1.82, 2.24) is 5.32 Å². The lowest BCUT2D eigenvalue weighted by Gasteiger charge is -2.19. The summed E-state index contributed by atoms with van der Waals surface area (Å²) < 4.78 is 21.1. The van der Waals surface area contributed by atoms with Gasteiger partial charge in [0, 0.05) is 6.07 Å². The Labute approximate surface area is 170 Å². The number of carbonyl (C=O) groups is 2. The molecule has 0 radical (unpaired) electrons. The molecule has 0 amide bonds. The van der Waals surface area contributed by atoms with Gasteiger partial charge in [-0.15, -0.1) is 0 Å². The van der Waals surface area contributed by atoms with E-state index in [2.05, 4.69) is 9.84 Å². The maximum absolute atomic E-state index is 10.8. The quantitative estimate of drug-likeness (QED) is 0.209. The molecular weight excluding hydrogens is 427 g/mol. The molecule has 2 aliphatic rings. The summed E-state index contributed by atoms with van der Waals surface area (Å²) in [6.45, 7) is 0.156. The summed E-state index contributed by atoms with van der Waals surface area (Å²) in [5.41, 5.74) is -0.174. The summed E-state index contributed by atoms with van der Waals surface area (Å²) >= 11 is 0. The van der Waals surface area contributed by atoms with Crippen molar-refractivity contribution >= 4 is 19.8 Å². The smallest absolute Gasteiger partial charge is 0.320 e. The number of carboxylic acid groups (broad SMARTS) is 2. The van der Waals surface area contributed by atoms with Crippen LogP contribution < -0.4 is 19.9 Å². The lowest BCUT2D eigenvalue weighted by Crippen LogP contribution is -2.46. The molecule has 14 heteroatoms. The molecule has 0 aromatic carbocycles. The molecule has 1 aromatic rings. The topological polar surface area (TPSA) is 213 Å². The third-order valence-corrected chi connectivity index (χ3v) is 4.92. The second kappa shape index (κ2) is 10.4. The van der Waals surface area contributed by atoms with Gasteiger partial charge in [-0.3, -0.25) is 9.36 Å². The molecule has 2 saturated heterocycles. The number of phosphoric ester groups is 1. The standard InChI is InChI=1S/C11H14NO9P.C5H9NO2/c13-8-7(5-20-22(17,18)19)21-10(9(8)14)12-3-1-2-6(4-12)11(15)16;7-5(8)4-2-1-3-6-4/h1-4,7-10,13-14H,5H2,(H2-,15,16,17,18,19);4,6H,1-3H2,(H,7,8)/p-1/t7-,8-,9-,10-;4-/m10/s1. The fourth-order valence-corrected chi connectivity index (χ4v) is 3.28. The Kier molecular flexibility index (Phi) is 8.41. The summed E-state index contributed by atoms with van der Waals surface area (Å²) in [5.74, 6) is -2.16. The SMILES string of the molecule is O=C(O)[C@@H]1CCCN1.O=C([O-])c1ccc[n+]([C@@H]2O[C@H](COP(=O)([O-])O)[C@@H](O)[C@H]2O)c1. The van der Waals surface area contributed by atoms with Gasteiger partial charge in [0.05, 0.1) is 18.1 Å². The normalized spacial score (nSPS) is 30.2. The van der Waals surface area contributed by atoms with Crippen LogP contribution in [0.25, 0.3) is 0 Å². The maximum Gasteiger partial charge on any atom is 0.320 e. The lowest BCUT2D eigenvalue weighted by atomic mass is 10.1. The molecule has 3 heterocycles. The number of nitrogens with zero attached hydrogens (tertiary/aromatic N) is 1. The summed E-state index contributed by atoms with van der Waals surface area (Å²) in [6, 6.07) is 2.37. The van der Waals surface area contributed by atoms with E-state index in [0.29, 0.717) is 0 Å². The molecule has 13 nitrogen and oxygen atoms in total. The van der Waals surface area contributed by atoms with E-state index in [0.717, 1.165) is 25.6 Å². The number of ether oxygens (including phenoxy) is 1. The molecule has 30 heavy (non-hydrogen) atoms. The van der Waals surface area contributed by atoms with E-state index in [1.54, 1.807) is 0 Å². The van der Waals surface area contributed by atoms with Crippen molar-refractivity contribution in [2.75, 3.05) is 13.2 Å². The number of hydrogen-bond acceptors (Lipinski definition) is 10. The highest BCUT2D eigenvalue weighted by Crippen LogP contribution is 2.33. The molecule has 0 saturated carbocycles. The number of aliphatic carboxylic acids is 1. The van der Waals surface area contributed by atoms with Crippen molar-refractivity contribution in [2.45, 2.75) is 43.4 Å². The zero-order chi connectivity index (χ0) is 22.5. The predicted molar refractivity (Wildman–Crippen MR) is 91.3 cm³/mol. The molecule has 0 spiro atoms. The van der Waals surface area contributed by atoms with Gasteiger partial charge in [0.15, 0.2) is 18.5 Å². The van der Waals surface area contributed by atoms with Gasteiger partial charge in [-0.1, -0.05) is 0 Å². The van der Waals surface area contributed by atoms with E-state index in [4.69, 9.17) is 14.7 Å². The number of carbonyl (C=O) groups excluding carboxylic acids is 1. The lowest BCUT2D eigenvalue weighted by molar-refractivity contribution is -0.765. The van der Waals surface area contributed by atoms with E-state index in [1.165, 1.54) is 22.9 Å². The van der Waals surface area contributed by atoms with Crippen LogP contribution in [0.2, 0.25) is 0 Å². The van der Waals surface area contributed by atoms with E-state index in [1.807, 2.05) is 0 Å². The highest BCUT2D eigenvalue weighted by molar-refractivity contribution is 7.44. The third kappa shape index (κ3) is 6.79. The number of carboxylic acids is 2. The monoisotopic (exact) mass is 449 g/mol. The van der Waals surface area contributed by atoms with Crippen LogP contribution in [0, 0.1) is 0 Å². The largest absolute Gasteiger partial charge is 0.756 e. The minimum Gasteiger partial charge on any atom is -0.756 e. The number of nitrogens with one attached hydrogen (secondary N) is 1. The zero-order valence-electron chi connectivity index (χ0n) is 15.6. The van der Waals surface area contributed by atoms with Gasteiger partial charge in [-0.05, 0) is 25.5 Å². The number of phosphoric acid groups is 1. The second-order valence-corrected chi connectivity index (χ2v) is 7.82. The average molecular weight is 449 g/mol. The first kappa shape index (κ1) is 24.3. The Balaban J connectivity index is 0.000000335. The highest BCUT2D eigenvalue weighted by Gasteiger charge is 2.48. The summed E-state index contributed by atoms with van der Waals surface area (Å²) in [6.07, 6.45) is -1.03. The van der Waals surface area contributed by atoms with Gasteiger partial charge in [-0.25, -0.2) is 0 Å². The van der Waals surface area contributed by atoms with E-state index in [-0.39, 0.29) is 11.6 Å². The Morgan fingerprint density at radius 3 is 2.57 bits per heavy atom. The number of aromatic carboxylic acids is 1. The van der Waals surface area contributed by atoms with Crippen LogP contribution in [0.5, 0.6) is 0 Å². The Morgan fingerprint density at radius 2 is 2.07 bits per heavy atom. The molecule has 6 atom stereocenters. The van der Waals surface area contributed by atoms with Crippen LogP contribution in [0.4, 0.5) is 0 Å². The van der Waals surface area contributed by atoms with Gasteiger partial charge in [0.2, 0.25) is 0 Å². The van der Waals surface area contributed by atoms with Crippen molar-refractivity contribution in [3.63, 3.8) is 0 Å². The maximum atomic E-state index is 10.8. The van der Waals surface area contributed by atoms with E-state index < -0.39 is 50.9 Å². The third-order valence-electron chi connectivity index (χ3n) is 4.45. The molecule has 168 valence electrons. The van der Waals surface area contributed by atoms with Crippen LogP contribution >= 0.6 is 7.82 Å².